The Hall–Kier alpha value is -1.84. The van der Waals surface area contributed by atoms with Gasteiger partial charge in [0.1, 0.15) is 11.6 Å². The number of benzene rings is 1. The molecule has 0 radical (unpaired) electrons. The van der Waals surface area contributed by atoms with Crippen LogP contribution in [-0.4, -0.2) is 10.1 Å². The zero-order chi connectivity index (χ0) is 10.3. The normalized spacial score (nSPS) is 10.7. The molecule has 0 saturated carbocycles. The molecule has 0 fully saturated rings. The van der Waals surface area contributed by atoms with Crippen LogP contribution in [0.2, 0.25) is 0 Å². The molecule has 4 heteroatoms. The summed E-state index contributed by atoms with van der Waals surface area (Å²) in [6, 6.07) is 3.77. The van der Waals surface area contributed by atoms with E-state index in [0.717, 1.165) is 11.6 Å². The van der Waals surface area contributed by atoms with Crippen molar-refractivity contribution < 1.29 is 9.50 Å². The second-order valence-corrected chi connectivity index (χ2v) is 3.13. The van der Waals surface area contributed by atoms with Crippen LogP contribution < -0.4 is 5.56 Å². The third kappa shape index (κ3) is 1.16. The van der Waals surface area contributed by atoms with Crippen LogP contribution in [-0.2, 0) is 0 Å². The first-order chi connectivity index (χ1) is 6.59. The molecule has 0 aliphatic rings. The second kappa shape index (κ2) is 2.83. The fraction of sp³-hybridized carbons (Fsp3) is 0.100. The van der Waals surface area contributed by atoms with E-state index in [1.165, 1.54) is 6.07 Å². The van der Waals surface area contributed by atoms with Gasteiger partial charge in [-0.3, -0.25) is 4.79 Å². The summed E-state index contributed by atoms with van der Waals surface area (Å²) < 4.78 is 13.3. The Morgan fingerprint density at radius 1 is 1.43 bits per heavy atom. The van der Waals surface area contributed by atoms with Crippen molar-refractivity contribution in [2.24, 2.45) is 0 Å². The van der Waals surface area contributed by atoms with E-state index in [-0.39, 0.29) is 11.1 Å². The molecule has 1 heterocycles. The van der Waals surface area contributed by atoms with Gasteiger partial charge in [0, 0.05) is 6.07 Å². The van der Waals surface area contributed by atoms with Crippen LogP contribution >= 0.6 is 0 Å². The van der Waals surface area contributed by atoms with Gasteiger partial charge < -0.3 is 10.1 Å². The van der Waals surface area contributed by atoms with E-state index in [4.69, 9.17) is 0 Å². The zero-order valence-corrected chi connectivity index (χ0v) is 7.47. The Balaban J connectivity index is 3.07. The van der Waals surface area contributed by atoms with Gasteiger partial charge in [0.2, 0.25) is 0 Å². The monoisotopic (exact) mass is 193 g/mol. The minimum atomic E-state index is -0.542. The lowest BCUT2D eigenvalue weighted by Gasteiger charge is -2.04. The third-order valence-electron chi connectivity index (χ3n) is 2.13. The topological polar surface area (TPSA) is 53.1 Å². The zero-order valence-electron chi connectivity index (χ0n) is 7.47. The van der Waals surface area contributed by atoms with Crippen LogP contribution in [0.25, 0.3) is 10.9 Å². The second-order valence-electron chi connectivity index (χ2n) is 3.13. The molecular weight excluding hydrogens is 185 g/mol. The van der Waals surface area contributed by atoms with Gasteiger partial charge in [-0.05, 0) is 18.6 Å². The molecule has 0 bridgehead atoms. The van der Waals surface area contributed by atoms with Crippen molar-refractivity contribution in [2.75, 3.05) is 0 Å². The third-order valence-corrected chi connectivity index (χ3v) is 2.13. The first-order valence-corrected chi connectivity index (χ1v) is 4.10. The van der Waals surface area contributed by atoms with Crippen molar-refractivity contribution in [2.45, 2.75) is 6.92 Å². The van der Waals surface area contributed by atoms with Crippen LogP contribution in [0.3, 0.4) is 0 Å². The highest BCUT2D eigenvalue weighted by Gasteiger charge is 2.08. The molecule has 0 aliphatic carbocycles. The first kappa shape index (κ1) is 8.74. The van der Waals surface area contributed by atoms with Crippen molar-refractivity contribution in [1.82, 2.24) is 4.98 Å². The minimum Gasteiger partial charge on any atom is -0.507 e. The Kier molecular flexibility index (Phi) is 1.77. The van der Waals surface area contributed by atoms with Crippen molar-refractivity contribution in [1.29, 1.82) is 0 Å². The summed E-state index contributed by atoms with van der Waals surface area (Å²) in [6.45, 7) is 1.73. The van der Waals surface area contributed by atoms with Crippen LogP contribution in [0.4, 0.5) is 4.39 Å². The lowest BCUT2D eigenvalue weighted by Crippen LogP contribution is -2.04. The maximum atomic E-state index is 13.3. The number of nitrogens with one attached hydrogen (secondary N) is 1. The number of hydrogen-bond donors (Lipinski definition) is 2. The minimum absolute atomic E-state index is 0.0598. The Morgan fingerprint density at radius 2 is 2.14 bits per heavy atom. The van der Waals surface area contributed by atoms with Crippen LogP contribution in [0.1, 0.15) is 5.56 Å². The van der Waals surface area contributed by atoms with Crippen molar-refractivity contribution in [3.8, 4) is 5.75 Å². The summed E-state index contributed by atoms with van der Waals surface area (Å²) in [6.07, 6.45) is 0. The summed E-state index contributed by atoms with van der Waals surface area (Å²) in [5, 5.41) is 9.46. The molecule has 14 heavy (non-hydrogen) atoms. The van der Waals surface area contributed by atoms with Gasteiger partial charge >= 0.3 is 0 Å². The lowest BCUT2D eigenvalue weighted by atomic mass is 10.1. The van der Waals surface area contributed by atoms with Crippen molar-refractivity contribution >= 4 is 10.9 Å². The Bertz CT molecular complexity index is 560. The van der Waals surface area contributed by atoms with Gasteiger partial charge in [-0.2, -0.15) is 0 Å². The van der Waals surface area contributed by atoms with E-state index in [0.29, 0.717) is 5.52 Å². The summed E-state index contributed by atoms with van der Waals surface area (Å²) in [5.74, 6) is -0.871. The number of aromatic nitrogens is 1. The smallest absolute Gasteiger partial charge is 0.252 e. The fourth-order valence-electron chi connectivity index (χ4n) is 1.45. The van der Waals surface area contributed by atoms with E-state index < -0.39 is 11.4 Å². The Labute approximate surface area is 78.8 Å². The first-order valence-electron chi connectivity index (χ1n) is 4.10. The molecule has 0 unspecified atom stereocenters. The van der Waals surface area contributed by atoms with Gasteiger partial charge in [-0.15, -0.1) is 0 Å². The maximum Gasteiger partial charge on any atom is 0.252 e. The molecule has 2 aromatic rings. The summed E-state index contributed by atoms with van der Waals surface area (Å²) in [7, 11) is 0. The van der Waals surface area contributed by atoms with E-state index in [2.05, 4.69) is 4.98 Å². The van der Waals surface area contributed by atoms with E-state index in [9.17, 15) is 14.3 Å². The predicted octanol–water partition coefficient (Wildman–Crippen LogP) is 1.68. The highest BCUT2D eigenvalue weighted by Crippen LogP contribution is 2.25. The van der Waals surface area contributed by atoms with E-state index >= 15 is 0 Å². The van der Waals surface area contributed by atoms with Gasteiger partial charge in [0.05, 0.1) is 10.9 Å². The number of aryl methyl sites for hydroxylation is 1. The molecule has 0 aliphatic heterocycles. The van der Waals surface area contributed by atoms with Gasteiger partial charge in [-0.1, -0.05) is 6.07 Å². The van der Waals surface area contributed by atoms with Crippen LogP contribution in [0.15, 0.2) is 23.0 Å². The molecule has 0 saturated heterocycles. The molecule has 0 spiro atoms. The largest absolute Gasteiger partial charge is 0.507 e. The number of hydrogen-bond acceptors (Lipinski definition) is 2. The number of H-pyrrole nitrogens is 1. The molecule has 2 rings (SSSR count). The quantitative estimate of drug-likeness (QED) is 0.668. The van der Waals surface area contributed by atoms with Gasteiger partial charge in [0.25, 0.3) is 5.56 Å². The predicted molar refractivity (Wildman–Crippen MR) is 50.9 cm³/mol. The number of aromatic amines is 1. The maximum absolute atomic E-state index is 13.3. The molecule has 3 nitrogen and oxygen atoms in total. The van der Waals surface area contributed by atoms with Crippen molar-refractivity contribution in [3.05, 3.63) is 39.9 Å². The number of aromatic hydroxyl groups is 1. The van der Waals surface area contributed by atoms with Crippen molar-refractivity contribution in [3.63, 3.8) is 0 Å². The van der Waals surface area contributed by atoms with Gasteiger partial charge in [-0.25, -0.2) is 4.39 Å². The molecule has 2 N–H and O–H groups in total. The van der Waals surface area contributed by atoms with Crippen LogP contribution in [0.5, 0.6) is 5.75 Å². The lowest BCUT2D eigenvalue weighted by molar-refractivity contribution is 0.477. The molecule has 1 aromatic carbocycles. The number of pyridine rings is 1. The highest BCUT2D eigenvalue weighted by molar-refractivity contribution is 5.87. The molecule has 0 amide bonds. The average molecular weight is 193 g/mol. The fourth-order valence-corrected chi connectivity index (χ4v) is 1.45. The number of fused-ring (bicyclic) bond motifs is 1. The Morgan fingerprint density at radius 3 is 2.86 bits per heavy atom. The van der Waals surface area contributed by atoms with E-state index in [1.54, 1.807) is 13.0 Å². The standard InChI is InChI=1S/C10H8FNO2/c1-5-2-3-6(11)9-7(13)4-8(14)12-10(5)9/h2-4H,1H3,(H2,12,13,14). The summed E-state index contributed by atoms with van der Waals surface area (Å²) >= 11 is 0. The highest BCUT2D eigenvalue weighted by atomic mass is 19.1. The number of rotatable bonds is 0. The summed E-state index contributed by atoms with van der Waals surface area (Å²) in [4.78, 5) is 13.5. The molecule has 1 aromatic heterocycles. The average Bonchev–Trinajstić information content (AvgIpc) is 2.10. The molecule has 72 valence electrons. The number of halogens is 1. The van der Waals surface area contributed by atoms with Crippen LogP contribution in [0, 0.1) is 12.7 Å². The van der Waals surface area contributed by atoms with Gasteiger partial charge in [0.15, 0.2) is 0 Å². The molecular formula is C10H8FNO2. The van der Waals surface area contributed by atoms with E-state index in [1.807, 2.05) is 0 Å². The molecule has 0 atom stereocenters. The summed E-state index contributed by atoms with van der Waals surface area (Å²) in [5.41, 5.74) is 0.619. The SMILES string of the molecule is Cc1ccc(F)c2c(O)cc(=O)[nH]c12.